The molecule has 0 atom stereocenters. The van der Waals surface area contributed by atoms with E-state index in [0.29, 0.717) is 20.1 Å². The summed E-state index contributed by atoms with van der Waals surface area (Å²) in [6, 6.07) is 11.3. The summed E-state index contributed by atoms with van der Waals surface area (Å²) in [6.07, 6.45) is 12.9. The quantitative estimate of drug-likeness (QED) is 0.384. The number of ether oxygens (including phenoxy) is 1. The number of benzene rings is 2. The summed E-state index contributed by atoms with van der Waals surface area (Å²) in [5.74, 6) is 2.06. The predicted octanol–water partition coefficient (Wildman–Crippen LogP) is 10.5. The van der Waals surface area contributed by atoms with Gasteiger partial charge in [-0.2, -0.15) is 0 Å². The Kier molecular flexibility index (Phi) is 6.95. The molecule has 0 N–H and O–H groups in total. The van der Waals surface area contributed by atoms with E-state index in [1.54, 1.807) is 12.1 Å². The third-order valence-electron chi connectivity index (χ3n) is 6.54. The van der Waals surface area contributed by atoms with Crippen molar-refractivity contribution in [2.45, 2.75) is 51.4 Å². The van der Waals surface area contributed by atoms with E-state index in [4.69, 9.17) is 51.1 Å². The summed E-state index contributed by atoms with van der Waals surface area (Å²) in [5.41, 5.74) is 7.18. The average Bonchev–Trinajstić information content (AvgIpc) is 2.98. The van der Waals surface area contributed by atoms with Gasteiger partial charge in [-0.1, -0.05) is 58.5 Å². The van der Waals surface area contributed by atoms with Crippen molar-refractivity contribution in [1.82, 2.24) is 0 Å². The SMILES string of the molecule is Clc1ccc(/C=C2\CCCCC3=C2OC2=C(CCC/C2=C\c2ccc(Cl)cc2Cl)C3)c(Cl)c1. The van der Waals surface area contributed by atoms with Crippen LogP contribution < -0.4 is 0 Å². The number of rotatable bonds is 2. The summed E-state index contributed by atoms with van der Waals surface area (Å²) in [5, 5.41) is 2.60. The van der Waals surface area contributed by atoms with E-state index in [1.807, 2.05) is 24.3 Å². The lowest BCUT2D eigenvalue weighted by Gasteiger charge is -2.31. The van der Waals surface area contributed by atoms with Gasteiger partial charge in [0.15, 0.2) is 0 Å². The molecule has 1 aliphatic heterocycles. The number of hydrogen-bond acceptors (Lipinski definition) is 1. The van der Waals surface area contributed by atoms with Gasteiger partial charge in [-0.15, -0.1) is 0 Å². The summed E-state index contributed by atoms with van der Waals surface area (Å²) >= 11 is 25.2. The molecule has 0 aromatic heterocycles. The van der Waals surface area contributed by atoms with E-state index in [-0.39, 0.29) is 0 Å². The van der Waals surface area contributed by atoms with Crippen LogP contribution in [0.1, 0.15) is 62.5 Å². The minimum absolute atomic E-state index is 0.642. The normalized spacial score (nSPS) is 21.1. The fourth-order valence-electron chi connectivity index (χ4n) is 4.91. The summed E-state index contributed by atoms with van der Waals surface area (Å²) in [4.78, 5) is 0. The van der Waals surface area contributed by atoms with Crippen LogP contribution in [0.3, 0.4) is 0 Å². The maximum atomic E-state index is 6.76. The maximum Gasteiger partial charge on any atom is 0.130 e. The molecular formula is C28H24Cl4O. The monoisotopic (exact) mass is 516 g/mol. The minimum atomic E-state index is 0.642. The lowest BCUT2D eigenvalue weighted by Crippen LogP contribution is -2.14. The Bertz CT molecular complexity index is 1230. The molecule has 33 heavy (non-hydrogen) atoms. The van der Waals surface area contributed by atoms with Crippen molar-refractivity contribution in [3.8, 4) is 0 Å². The Hall–Kier alpha value is -1.64. The first-order valence-electron chi connectivity index (χ1n) is 11.4. The van der Waals surface area contributed by atoms with Gasteiger partial charge in [0.25, 0.3) is 0 Å². The van der Waals surface area contributed by atoms with E-state index in [2.05, 4.69) is 12.2 Å². The second kappa shape index (κ2) is 9.92. The van der Waals surface area contributed by atoms with Crippen LogP contribution in [-0.2, 0) is 4.74 Å². The molecule has 0 amide bonds. The highest BCUT2D eigenvalue weighted by Gasteiger charge is 2.30. The van der Waals surface area contributed by atoms with Crippen molar-refractivity contribution in [2.24, 2.45) is 0 Å². The third kappa shape index (κ3) is 5.08. The second-order valence-corrected chi connectivity index (χ2v) is 10.6. The molecule has 0 spiro atoms. The van der Waals surface area contributed by atoms with Crippen LogP contribution in [0.5, 0.6) is 0 Å². The van der Waals surface area contributed by atoms with Gasteiger partial charge in [0.1, 0.15) is 11.5 Å². The van der Waals surface area contributed by atoms with Gasteiger partial charge in [0.2, 0.25) is 0 Å². The Labute approximate surface area is 215 Å². The first-order chi connectivity index (χ1) is 16.0. The molecule has 2 aromatic carbocycles. The fourth-order valence-corrected chi connectivity index (χ4v) is 5.84. The minimum Gasteiger partial charge on any atom is -0.457 e. The molecule has 0 saturated heterocycles. The van der Waals surface area contributed by atoms with Gasteiger partial charge in [0.05, 0.1) is 0 Å². The number of hydrogen-bond donors (Lipinski definition) is 0. The average molecular weight is 518 g/mol. The van der Waals surface area contributed by atoms with E-state index >= 15 is 0 Å². The highest BCUT2D eigenvalue weighted by molar-refractivity contribution is 6.36. The van der Waals surface area contributed by atoms with Crippen LogP contribution in [0.25, 0.3) is 12.2 Å². The Balaban J connectivity index is 1.52. The van der Waals surface area contributed by atoms with Crippen molar-refractivity contribution in [2.75, 3.05) is 0 Å². The highest BCUT2D eigenvalue weighted by Crippen LogP contribution is 2.46. The van der Waals surface area contributed by atoms with Crippen molar-refractivity contribution in [3.63, 3.8) is 0 Å². The molecule has 0 unspecified atom stereocenters. The van der Waals surface area contributed by atoms with E-state index < -0.39 is 0 Å². The third-order valence-corrected chi connectivity index (χ3v) is 7.67. The van der Waals surface area contributed by atoms with Crippen LogP contribution in [0.4, 0.5) is 0 Å². The van der Waals surface area contributed by atoms with Crippen molar-refractivity contribution < 1.29 is 4.74 Å². The Morgan fingerprint density at radius 1 is 0.606 bits per heavy atom. The Morgan fingerprint density at radius 2 is 1.09 bits per heavy atom. The molecular weight excluding hydrogens is 494 g/mol. The van der Waals surface area contributed by atoms with Crippen LogP contribution in [-0.4, -0.2) is 0 Å². The first-order valence-corrected chi connectivity index (χ1v) is 12.9. The van der Waals surface area contributed by atoms with Crippen molar-refractivity contribution in [1.29, 1.82) is 0 Å². The topological polar surface area (TPSA) is 9.23 Å². The van der Waals surface area contributed by atoms with E-state index in [0.717, 1.165) is 67.6 Å². The van der Waals surface area contributed by atoms with Gasteiger partial charge >= 0.3 is 0 Å². The largest absolute Gasteiger partial charge is 0.457 e. The maximum absolute atomic E-state index is 6.76. The second-order valence-electron chi connectivity index (χ2n) is 8.88. The Morgan fingerprint density at radius 3 is 1.64 bits per heavy atom. The summed E-state index contributed by atoms with van der Waals surface area (Å²) in [7, 11) is 0. The van der Waals surface area contributed by atoms with Gasteiger partial charge in [-0.25, -0.2) is 0 Å². The van der Waals surface area contributed by atoms with Gasteiger partial charge in [-0.05, 0) is 121 Å². The summed E-state index contributed by atoms with van der Waals surface area (Å²) < 4.78 is 6.76. The lowest BCUT2D eigenvalue weighted by molar-refractivity contribution is 0.290. The zero-order valence-electron chi connectivity index (χ0n) is 18.2. The first kappa shape index (κ1) is 23.1. The van der Waals surface area contributed by atoms with Crippen LogP contribution >= 0.6 is 46.4 Å². The molecule has 0 fully saturated rings. The molecule has 1 heterocycles. The van der Waals surface area contributed by atoms with Crippen LogP contribution in [0.15, 0.2) is 70.2 Å². The molecule has 0 bridgehead atoms. The molecule has 3 aliphatic rings. The molecule has 0 saturated carbocycles. The highest BCUT2D eigenvalue weighted by atomic mass is 35.5. The lowest BCUT2D eigenvalue weighted by atomic mass is 9.85. The molecule has 2 aromatic rings. The van der Waals surface area contributed by atoms with Crippen molar-refractivity contribution >= 4 is 58.6 Å². The van der Waals surface area contributed by atoms with Gasteiger partial charge in [-0.3, -0.25) is 0 Å². The van der Waals surface area contributed by atoms with E-state index in [9.17, 15) is 0 Å². The standard InChI is InChI=1S/C28H24Cl4O/c29-23-10-8-17(25(31)15-23)12-19-4-1-2-5-20-14-22-7-3-6-21(28(22)33-27(19)20)13-18-9-11-24(30)16-26(18)32/h8-13,15-16H,1-7,14H2/b19-12+,21-13+. The number of halogens is 4. The van der Waals surface area contributed by atoms with Crippen molar-refractivity contribution in [3.05, 3.63) is 101 Å². The molecule has 2 aliphatic carbocycles. The molecule has 5 heteroatoms. The molecule has 0 radical (unpaired) electrons. The summed E-state index contributed by atoms with van der Waals surface area (Å²) in [6.45, 7) is 0. The number of allylic oxidation sites excluding steroid dienone is 4. The molecule has 1 nitrogen and oxygen atoms in total. The molecule has 170 valence electrons. The zero-order chi connectivity index (χ0) is 22.9. The predicted molar refractivity (Wildman–Crippen MR) is 141 cm³/mol. The van der Waals surface area contributed by atoms with E-state index in [1.165, 1.54) is 28.7 Å². The van der Waals surface area contributed by atoms with Crippen LogP contribution in [0.2, 0.25) is 20.1 Å². The van der Waals surface area contributed by atoms with Gasteiger partial charge in [0, 0.05) is 20.1 Å². The molecule has 5 rings (SSSR count). The van der Waals surface area contributed by atoms with Crippen LogP contribution in [0, 0.1) is 0 Å². The smallest absolute Gasteiger partial charge is 0.130 e. The zero-order valence-corrected chi connectivity index (χ0v) is 21.2. The fraction of sp³-hybridized carbons (Fsp3) is 0.286. The van der Waals surface area contributed by atoms with Gasteiger partial charge < -0.3 is 4.74 Å².